The topological polar surface area (TPSA) is 84.1 Å². The van der Waals surface area contributed by atoms with Crippen LogP contribution in [0.15, 0.2) is 0 Å². The molecule has 1 aromatic heterocycles. The minimum absolute atomic E-state index is 0.0134. The summed E-state index contributed by atoms with van der Waals surface area (Å²) in [7, 11) is 0. The van der Waals surface area contributed by atoms with E-state index in [1.54, 1.807) is 0 Å². The third-order valence-electron chi connectivity index (χ3n) is 4.52. The second kappa shape index (κ2) is 9.17. The molecule has 0 saturated carbocycles. The lowest BCUT2D eigenvalue weighted by atomic mass is 10.00. The number of carbonyl (C=O) groups excluding carboxylic acids is 1. The number of nitrogens with zero attached hydrogens (tertiary/aromatic N) is 3. The summed E-state index contributed by atoms with van der Waals surface area (Å²) in [5.41, 5.74) is 5.88. The molecule has 7 heteroatoms. The van der Waals surface area contributed by atoms with E-state index in [4.69, 9.17) is 5.73 Å². The normalized spacial score (nSPS) is 17.3. The Morgan fingerprint density at radius 2 is 2.13 bits per heavy atom. The van der Waals surface area contributed by atoms with E-state index >= 15 is 0 Å². The lowest BCUT2D eigenvalue weighted by Gasteiger charge is -2.29. The van der Waals surface area contributed by atoms with Gasteiger partial charge in [-0.25, -0.2) is 0 Å². The number of nitrogens with one attached hydrogen (secondary N) is 1. The number of aromatic nitrogens is 2. The number of piperidine rings is 1. The van der Waals surface area contributed by atoms with Crippen LogP contribution in [0.5, 0.6) is 0 Å². The smallest absolute Gasteiger partial charge is 0.284 e. The van der Waals surface area contributed by atoms with Crippen LogP contribution in [0.4, 0.5) is 5.13 Å². The van der Waals surface area contributed by atoms with Gasteiger partial charge in [0.15, 0.2) is 0 Å². The van der Waals surface area contributed by atoms with Crippen molar-refractivity contribution < 1.29 is 4.79 Å². The molecule has 1 fully saturated rings. The molecule has 0 spiro atoms. The van der Waals surface area contributed by atoms with Crippen LogP contribution in [0.1, 0.15) is 62.2 Å². The second-order valence-electron chi connectivity index (χ2n) is 6.34. The van der Waals surface area contributed by atoms with Crippen molar-refractivity contribution in [1.29, 1.82) is 0 Å². The Kier molecular flexibility index (Phi) is 7.23. The van der Waals surface area contributed by atoms with E-state index in [2.05, 4.69) is 29.4 Å². The van der Waals surface area contributed by atoms with Crippen LogP contribution in [-0.4, -0.2) is 46.7 Å². The van der Waals surface area contributed by atoms with E-state index in [0.717, 1.165) is 44.0 Å². The summed E-state index contributed by atoms with van der Waals surface area (Å²) in [4.78, 5) is 14.3. The molecule has 6 nitrogen and oxygen atoms in total. The Morgan fingerprint density at radius 3 is 2.78 bits per heavy atom. The molecular weight excluding hydrogens is 310 g/mol. The van der Waals surface area contributed by atoms with Crippen molar-refractivity contribution in [1.82, 2.24) is 15.1 Å². The first-order chi connectivity index (χ1) is 11.1. The number of anilines is 1. The molecule has 23 heavy (non-hydrogen) atoms. The summed E-state index contributed by atoms with van der Waals surface area (Å²) in [5.74, 6) is 0.641. The standard InChI is InChI=1S/C16H29N5OS/c1-3-5-6-12(4-2)11-18-16-20-19-14(23-16)15(22)21-9-7-13(17)8-10-21/h12-13H,3-11,17H2,1-2H3,(H,18,20). The van der Waals surface area contributed by atoms with Gasteiger partial charge in [0, 0.05) is 25.7 Å². The van der Waals surface area contributed by atoms with Crippen LogP contribution in [0, 0.1) is 5.92 Å². The van der Waals surface area contributed by atoms with E-state index in [9.17, 15) is 4.79 Å². The fourth-order valence-electron chi connectivity index (χ4n) is 2.79. The van der Waals surface area contributed by atoms with Crippen LogP contribution >= 0.6 is 11.3 Å². The van der Waals surface area contributed by atoms with Gasteiger partial charge in [-0.15, -0.1) is 10.2 Å². The Bertz CT molecular complexity index is 485. The van der Waals surface area contributed by atoms with E-state index < -0.39 is 0 Å². The van der Waals surface area contributed by atoms with Crippen LogP contribution < -0.4 is 11.1 Å². The SMILES string of the molecule is CCCCC(CC)CNc1nnc(C(=O)N2CCC(N)CC2)s1. The van der Waals surface area contributed by atoms with Crippen molar-refractivity contribution in [3.8, 4) is 0 Å². The zero-order chi connectivity index (χ0) is 16.7. The van der Waals surface area contributed by atoms with Gasteiger partial charge in [0.1, 0.15) is 0 Å². The fourth-order valence-corrected chi connectivity index (χ4v) is 3.51. The number of hydrogen-bond donors (Lipinski definition) is 2. The van der Waals surface area contributed by atoms with Gasteiger partial charge >= 0.3 is 0 Å². The molecule has 1 aliphatic heterocycles. The molecule has 2 heterocycles. The van der Waals surface area contributed by atoms with E-state index in [-0.39, 0.29) is 11.9 Å². The molecule has 1 atom stereocenters. The zero-order valence-electron chi connectivity index (χ0n) is 14.3. The van der Waals surface area contributed by atoms with Gasteiger partial charge in [-0.2, -0.15) is 0 Å². The number of likely N-dealkylation sites (tertiary alicyclic amines) is 1. The monoisotopic (exact) mass is 339 g/mol. The Hall–Kier alpha value is -1.21. The van der Waals surface area contributed by atoms with Gasteiger partial charge in [-0.3, -0.25) is 4.79 Å². The van der Waals surface area contributed by atoms with Gasteiger partial charge in [-0.05, 0) is 25.2 Å². The third-order valence-corrected chi connectivity index (χ3v) is 5.39. The van der Waals surface area contributed by atoms with Crippen LogP contribution in [0.25, 0.3) is 0 Å². The molecule has 1 aliphatic rings. The van der Waals surface area contributed by atoms with Crippen molar-refractivity contribution in [2.45, 2.75) is 58.4 Å². The highest BCUT2D eigenvalue weighted by Crippen LogP contribution is 2.20. The molecule has 1 amide bonds. The average Bonchev–Trinajstić information content (AvgIpc) is 3.04. The van der Waals surface area contributed by atoms with E-state index in [1.165, 1.54) is 30.6 Å². The molecule has 130 valence electrons. The summed E-state index contributed by atoms with van der Waals surface area (Å²) in [6.45, 7) is 6.78. The first-order valence-electron chi connectivity index (χ1n) is 8.76. The summed E-state index contributed by atoms with van der Waals surface area (Å²) < 4.78 is 0. The van der Waals surface area contributed by atoms with Crippen molar-refractivity contribution in [2.24, 2.45) is 11.7 Å². The Balaban J connectivity index is 1.83. The average molecular weight is 340 g/mol. The highest BCUT2D eigenvalue weighted by molar-refractivity contribution is 7.17. The highest BCUT2D eigenvalue weighted by Gasteiger charge is 2.24. The molecule has 0 radical (unpaired) electrons. The van der Waals surface area contributed by atoms with Crippen molar-refractivity contribution in [3.05, 3.63) is 5.01 Å². The number of nitrogens with two attached hydrogens (primary N) is 1. The molecule has 0 bridgehead atoms. The van der Waals surface area contributed by atoms with Crippen LogP contribution in [0.2, 0.25) is 0 Å². The minimum atomic E-state index is -0.0134. The Labute approximate surface area is 142 Å². The number of carbonyl (C=O) groups is 1. The number of unbranched alkanes of at least 4 members (excludes halogenated alkanes) is 1. The molecule has 0 aromatic carbocycles. The molecule has 1 unspecified atom stereocenters. The van der Waals surface area contributed by atoms with E-state index in [1.807, 2.05) is 4.90 Å². The van der Waals surface area contributed by atoms with Crippen molar-refractivity contribution in [3.63, 3.8) is 0 Å². The second-order valence-corrected chi connectivity index (χ2v) is 7.32. The molecule has 3 N–H and O–H groups in total. The Morgan fingerprint density at radius 1 is 1.39 bits per heavy atom. The summed E-state index contributed by atoms with van der Waals surface area (Å²) >= 11 is 1.36. The summed E-state index contributed by atoms with van der Waals surface area (Å²) in [5, 5.41) is 12.7. The first kappa shape index (κ1) is 18.1. The first-order valence-corrected chi connectivity index (χ1v) is 9.57. The molecule has 2 rings (SSSR count). The summed E-state index contributed by atoms with van der Waals surface area (Å²) in [6, 6.07) is 0.222. The maximum atomic E-state index is 12.4. The van der Waals surface area contributed by atoms with Crippen molar-refractivity contribution in [2.75, 3.05) is 25.0 Å². The molecular formula is C16H29N5OS. The maximum Gasteiger partial charge on any atom is 0.284 e. The maximum absolute atomic E-state index is 12.4. The fraction of sp³-hybridized carbons (Fsp3) is 0.812. The minimum Gasteiger partial charge on any atom is -0.360 e. The van der Waals surface area contributed by atoms with Crippen LogP contribution in [0.3, 0.4) is 0 Å². The van der Waals surface area contributed by atoms with Crippen molar-refractivity contribution >= 4 is 22.4 Å². The lowest BCUT2D eigenvalue weighted by molar-refractivity contribution is 0.0713. The summed E-state index contributed by atoms with van der Waals surface area (Å²) in [6.07, 6.45) is 6.62. The van der Waals surface area contributed by atoms with Gasteiger partial charge in [0.25, 0.3) is 5.91 Å². The number of amides is 1. The molecule has 1 saturated heterocycles. The predicted octanol–water partition coefficient (Wildman–Crippen LogP) is 2.73. The predicted molar refractivity (Wildman–Crippen MR) is 94.8 cm³/mol. The zero-order valence-corrected chi connectivity index (χ0v) is 15.1. The largest absolute Gasteiger partial charge is 0.360 e. The lowest BCUT2D eigenvalue weighted by Crippen LogP contribution is -2.42. The molecule has 1 aromatic rings. The van der Waals surface area contributed by atoms with Gasteiger partial charge in [-0.1, -0.05) is 44.4 Å². The quantitative estimate of drug-likeness (QED) is 0.761. The van der Waals surface area contributed by atoms with Gasteiger partial charge in [0.2, 0.25) is 10.1 Å². The number of rotatable bonds is 8. The molecule has 0 aliphatic carbocycles. The van der Waals surface area contributed by atoms with E-state index in [0.29, 0.717) is 10.9 Å². The number of hydrogen-bond acceptors (Lipinski definition) is 6. The third kappa shape index (κ3) is 5.42. The highest BCUT2D eigenvalue weighted by atomic mass is 32.1. The van der Waals surface area contributed by atoms with Gasteiger partial charge < -0.3 is 16.0 Å². The van der Waals surface area contributed by atoms with Gasteiger partial charge in [0.05, 0.1) is 0 Å². The van der Waals surface area contributed by atoms with Crippen LogP contribution in [-0.2, 0) is 0 Å².